The fraction of sp³-hybridized carbons (Fsp3) is 0.571. The van der Waals surface area contributed by atoms with Gasteiger partial charge in [0.2, 0.25) is 0 Å². The van der Waals surface area contributed by atoms with Crippen molar-refractivity contribution in [3.05, 3.63) is 34.3 Å². The first kappa shape index (κ1) is 14.7. The summed E-state index contributed by atoms with van der Waals surface area (Å²) >= 11 is 3.50. The molecule has 1 rings (SSSR count). The van der Waals surface area contributed by atoms with Crippen molar-refractivity contribution in [1.82, 2.24) is 4.90 Å². The lowest BCUT2D eigenvalue weighted by Gasteiger charge is -2.30. The lowest BCUT2D eigenvalue weighted by Crippen LogP contribution is -2.46. The molecular formula is C14H23BrN2. The van der Waals surface area contributed by atoms with Gasteiger partial charge >= 0.3 is 0 Å². The summed E-state index contributed by atoms with van der Waals surface area (Å²) < 4.78 is 1.13. The third-order valence-corrected chi connectivity index (χ3v) is 3.29. The van der Waals surface area contributed by atoms with Crippen LogP contribution in [0.25, 0.3) is 0 Å². The normalized spacial score (nSPS) is 14.9. The highest BCUT2D eigenvalue weighted by Crippen LogP contribution is 2.15. The van der Waals surface area contributed by atoms with E-state index in [4.69, 9.17) is 5.73 Å². The number of hydrogen-bond acceptors (Lipinski definition) is 2. The average molecular weight is 299 g/mol. The minimum absolute atomic E-state index is 0.0878. The molecule has 0 saturated carbocycles. The average Bonchev–Trinajstić information content (AvgIpc) is 2.15. The molecule has 0 amide bonds. The van der Waals surface area contributed by atoms with Gasteiger partial charge in [-0.05, 0) is 38.1 Å². The first-order valence-corrected chi connectivity index (χ1v) is 6.94. The standard InChI is InChI=1S/C14H23BrN2/c1-4-8-14(2,16)11-17(3)10-12-6-5-7-13(15)9-12/h5-7,9H,4,8,10-11,16H2,1-3H3. The molecule has 0 aromatic heterocycles. The fourth-order valence-electron chi connectivity index (χ4n) is 2.27. The second kappa shape index (κ2) is 6.53. The Hall–Kier alpha value is -0.380. The second-order valence-corrected chi connectivity index (χ2v) is 6.12. The Bertz CT molecular complexity index is 350. The molecule has 0 bridgehead atoms. The van der Waals surface area contributed by atoms with Crippen molar-refractivity contribution in [2.24, 2.45) is 5.73 Å². The van der Waals surface area contributed by atoms with Gasteiger partial charge in [0.15, 0.2) is 0 Å². The summed E-state index contributed by atoms with van der Waals surface area (Å²) in [5.41, 5.74) is 7.49. The smallest absolute Gasteiger partial charge is 0.0254 e. The largest absolute Gasteiger partial charge is 0.324 e. The molecular weight excluding hydrogens is 276 g/mol. The zero-order chi connectivity index (χ0) is 12.9. The number of halogens is 1. The Morgan fingerprint density at radius 1 is 1.41 bits per heavy atom. The van der Waals surface area contributed by atoms with Crippen LogP contribution in [0.4, 0.5) is 0 Å². The number of likely N-dealkylation sites (N-methyl/N-ethyl adjacent to an activating group) is 1. The minimum atomic E-state index is -0.0878. The topological polar surface area (TPSA) is 29.3 Å². The van der Waals surface area contributed by atoms with E-state index in [0.29, 0.717) is 0 Å². The van der Waals surface area contributed by atoms with Crippen molar-refractivity contribution in [3.8, 4) is 0 Å². The Balaban J connectivity index is 2.52. The molecule has 0 saturated heterocycles. The summed E-state index contributed by atoms with van der Waals surface area (Å²) in [7, 11) is 2.13. The highest BCUT2D eigenvalue weighted by Gasteiger charge is 2.19. The molecule has 17 heavy (non-hydrogen) atoms. The summed E-state index contributed by atoms with van der Waals surface area (Å²) in [4.78, 5) is 2.29. The van der Waals surface area contributed by atoms with Crippen molar-refractivity contribution >= 4 is 15.9 Å². The second-order valence-electron chi connectivity index (χ2n) is 5.21. The molecule has 0 aliphatic carbocycles. The SMILES string of the molecule is CCCC(C)(N)CN(C)Cc1cccc(Br)c1. The maximum atomic E-state index is 6.26. The van der Waals surface area contributed by atoms with E-state index in [0.717, 1.165) is 30.4 Å². The van der Waals surface area contributed by atoms with Gasteiger partial charge in [-0.15, -0.1) is 0 Å². The van der Waals surface area contributed by atoms with Crippen molar-refractivity contribution in [2.75, 3.05) is 13.6 Å². The van der Waals surface area contributed by atoms with Crippen LogP contribution in [0, 0.1) is 0 Å². The molecule has 1 aromatic rings. The summed E-state index contributed by atoms with van der Waals surface area (Å²) in [6, 6.07) is 8.42. The molecule has 0 fully saturated rings. The Labute approximate surface area is 113 Å². The number of nitrogens with zero attached hydrogens (tertiary/aromatic N) is 1. The van der Waals surface area contributed by atoms with E-state index in [1.807, 2.05) is 6.07 Å². The van der Waals surface area contributed by atoms with Crippen LogP contribution < -0.4 is 5.73 Å². The van der Waals surface area contributed by atoms with Crippen LogP contribution in [0.1, 0.15) is 32.3 Å². The monoisotopic (exact) mass is 298 g/mol. The Morgan fingerprint density at radius 3 is 2.71 bits per heavy atom. The van der Waals surface area contributed by atoms with Crippen molar-refractivity contribution in [1.29, 1.82) is 0 Å². The number of nitrogens with two attached hydrogens (primary N) is 1. The van der Waals surface area contributed by atoms with E-state index in [9.17, 15) is 0 Å². The summed E-state index contributed by atoms with van der Waals surface area (Å²) in [5.74, 6) is 0. The van der Waals surface area contributed by atoms with E-state index < -0.39 is 0 Å². The molecule has 96 valence electrons. The molecule has 0 spiro atoms. The molecule has 0 aliphatic rings. The van der Waals surface area contributed by atoms with Crippen LogP contribution in [0.15, 0.2) is 28.7 Å². The molecule has 0 aliphatic heterocycles. The summed E-state index contributed by atoms with van der Waals surface area (Å²) in [6.45, 7) is 6.18. The lowest BCUT2D eigenvalue weighted by molar-refractivity contribution is 0.241. The van der Waals surface area contributed by atoms with Crippen molar-refractivity contribution in [3.63, 3.8) is 0 Å². The van der Waals surface area contributed by atoms with Gasteiger partial charge in [0.1, 0.15) is 0 Å². The van der Waals surface area contributed by atoms with E-state index in [-0.39, 0.29) is 5.54 Å². The molecule has 1 aromatic carbocycles. The minimum Gasteiger partial charge on any atom is -0.324 e. The summed E-state index contributed by atoms with van der Waals surface area (Å²) in [6.07, 6.45) is 2.20. The highest BCUT2D eigenvalue weighted by atomic mass is 79.9. The van der Waals surface area contributed by atoms with Crippen LogP contribution in [-0.2, 0) is 6.54 Å². The zero-order valence-corrected chi connectivity index (χ0v) is 12.6. The van der Waals surface area contributed by atoms with Crippen LogP contribution in [0.2, 0.25) is 0 Å². The number of benzene rings is 1. The molecule has 0 heterocycles. The van der Waals surface area contributed by atoms with Gasteiger partial charge in [-0.1, -0.05) is 41.4 Å². The lowest BCUT2D eigenvalue weighted by atomic mass is 9.97. The maximum absolute atomic E-state index is 6.26. The van der Waals surface area contributed by atoms with Crippen LogP contribution in [0.3, 0.4) is 0 Å². The van der Waals surface area contributed by atoms with Crippen molar-refractivity contribution < 1.29 is 0 Å². The zero-order valence-electron chi connectivity index (χ0n) is 11.0. The van der Waals surface area contributed by atoms with Gasteiger partial charge in [-0.25, -0.2) is 0 Å². The fourth-order valence-corrected chi connectivity index (χ4v) is 2.72. The summed E-state index contributed by atoms with van der Waals surface area (Å²) in [5, 5.41) is 0. The molecule has 1 unspecified atom stereocenters. The van der Waals surface area contributed by atoms with Crippen LogP contribution in [-0.4, -0.2) is 24.0 Å². The first-order valence-electron chi connectivity index (χ1n) is 6.15. The Kier molecular flexibility index (Phi) is 5.63. The van der Waals surface area contributed by atoms with E-state index in [1.54, 1.807) is 0 Å². The Morgan fingerprint density at radius 2 is 2.12 bits per heavy atom. The van der Waals surface area contributed by atoms with Crippen LogP contribution >= 0.6 is 15.9 Å². The molecule has 2 nitrogen and oxygen atoms in total. The van der Waals surface area contributed by atoms with Gasteiger partial charge in [-0.3, -0.25) is 0 Å². The van der Waals surface area contributed by atoms with Gasteiger partial charge < -0.3 is 10.6 Å². The van der Waals surface area contributed by atoms with E-state index in [1.165, 1.54) is 5.56 Å². The van der Waals surface area contributed by atoms with Gasteiger partial charge in [0, 0.05) is 23.1 Å². The maximum Gasteiger partial charge on any atom is 0.0254 e. The predicted octanol–water partition coefficient (Wildman–Crippen LogP) is 3.40. The highest BCUT2D eigenvalue weighted by molar-refractivity contribution is 9.10. The molecule has 2 N–H and O–H groups in total. The van der Waals surface area contributed by atoms with E-state index in [2.05, 4.69) is 59.9 Å². The van der Waals surface area contributed by atoms with Crippen molar-refractivity contribution in [2.45, 2.75) is 38.8 Å². The molecule has 1 atom stereocenters. The van der Waals surface area contributed by atoms with E-state index >= 15 is 0 Å². The van der Waals surface area contributed by atoms with Gasteiger partial charge in [0.05, 0.1) is 0 Å². The predicted molar refractivity (Wildman–Crippen MR) is 78.0 cm³/mol. The van der Waals surface area contributed by atoms with Gasteiger partial charge in [0.25, 0.3) is 0 Å². The third-order valence-electron chi connectivity index (χ3n) is 2.79. The van der Waals surface area contributed by atoms with Crippen LogP contribution in [0.5, 0.6) is 0 Å². The quantitative estimate of drug-likeness (QED) is 0.872. The first-order chi connectivity index (χ1) is 7.93. The number of hydrogen-bond donors (Lipinski definition) is 1. The third kappa shape index (κ3) is 5.66. The molecule has 0 radical (unpaired) electrons. The number of rotatable bonds is 6. The van der Waals surface area contributed by atoms with Gasteiger partial charge in [-0.2, -0.15) is 0 Å². The molecule has 3 heteroatoms.